The largest absolute Gasteiger partial charge is 0.492 e. The molecule has 0 heterocycles. The second-order valence-electron chi connectivity index (χ2n) is 4.48. The average Bonchev–Trinajstić information content (AvgIpc) is 2.42. The van der Waals surface area contributed by atoms with Crippen molar-refractivity contribution < 1.29 is 4.74 Å². The lowest BCUT2D eigenvalue weighted by Crippen LogP contribution is -1.99. The molecule has 0 spiro atoms. The number of nitrogens with two attached hydrogens (primary N) is 1. The van der Waals surface area contributed by atoms with Gasteiger partial charge in [-0.2, -0.15) is 0 Å². The van der Waals surface area contributed by atoms with Gasteiger partial charge in [0.1, 0.15) is 5.75 Å². The maximum absolute atomic E-state index is 6.03. The first-order valence-corrected chi connectivity index (χ1v) is 6.85. The van der Waals surface area contributed by atoms with Crippen molar-refractivity contribution in [3.8, 4) is 5.75 Å². The minimum atomic E-state index is 0.572. The quantitative estimate of drug-likeness (QED) is 0.629. The van der Waals surface area contributed by atoms with E-state index in [-0.39, 0.29) is 0 Å². The van der Waals surface area contributed by atoms with Crippen LogP contribution in [0.1, 0.15) is 18.4 Å². The van der Waals surface area contributed by atoms with Crippen LogP contribution in [0.15, 0.2) is 48.5 Å². The minimum absolute atomic E-state index is 0.572. The molecule has 0 aliphatic rings. The molecular weight excluding hydrogens is 258 g/mol. The van der Waals surface area contributed by atoms with E-state index in [2.05, 4.69) is 24.3 Å². The molecule has 0 aliphatic carbocycles. The number of nitrogen functional groups attached to an aromatic ring is 1. The lowest BCUT2D eigenvalue weighted by atomic mass is 10.1. The Morgan fingerprint density at radius 2 is 1.79 bits per heavy atom. The maximum atomic E-state index is 6.03. The van der Waals surface area contributed by atoms with Crippen LogP contribution in [0.3, 0.4) is 0 Å². The van der Waals surface area contributed by atoms with Crippen LogP contribution in [0.2, 0.25) is 5.02 Å². The van der Waals surface area contributed by atoms with Gasteiger partial charge in [-0.25, -0.2) is 0 Å². The van der Waals surface area contributed by atoms with Crippen LogP contribution in [-0.4, -0.2) is 6.61 Å². The lowest BCUT2D eigenvalue weighted by Gasteiger charge is -2.08. The molecular formula is C16H18ClNO. The lowest BCUT2D eigenvalue weighted by molar-refractivity contribution is 0.307. The fourth-order valence-corrected chi connectivity index (χ4v) is 2.14. The van der Waals surface area contributed by atoms with Crippen LogP contribution in [0.4, 0.5) is 5.69 Å². The summed E-state index contributed by atoms with van der Waals surface area (Å²) in [5.74, 6) is 0.704. The van der Waals surface area contributed by atoms with Crippen LogP contribution in [0.25, 0.3) is 0 Å². The molecule has 100 valence electrons. The van der Waals surface area contributed by atoms with Gasteiger partial charge in [0.05, 0.1) is 11.6 Å². The summed E-state index contributed by atoms with van der Waals surface area (Å²) in [5, 5.41) is 0.572. The van der Waals surface area contributed by atoms with Gasteiger partial charge < -0.3 is 10.5 Å². The fraction of sp³-hybridized carbons (Fsp3) is 0.250. The summed E-state index contributed by atoms with van der Waals surface area (Å²) in [6.07, 6.45) is 3.20. The second-order valence-corrected chi connectivity index (χ2v) is 4.89. The molecule has 2 nitrogen and oxygen atoms in total. The van der Waals surface area contributed by atoms with Crippen LogP contribution in [0, 0.1) is 0 Å². The van der Waals surface area contributed by atoms with Gasteiger partial charge in [0.25, 0.3) is 0 Å². The highest BCUT2D eigenvalue weighted by Crippen LogP contribution is 2.26. The van der Waals surface area contributed by atoms with Gasteiger partial charge in [0, 0.05) is 5.69 Å². The topological polar surface area (TPSA) is 35.2 Å². The first-order chi connectivity index (χ1) is 9.25. The molecule has 2 aromatic rings. The molecule has 0 saturated heterocycles. The number of rotatable bonds is 6. The zero-order chi connectivity index (χ0) is 13.5. The molecule has 0 radical (unpaired) electrons. The molecule has 0 aliphatic heterocycles. The Morgan fingerprint density at radius 3 is 2.53 bits per heavy atom. The normalized spacial score (nSPS) is 10.4. The Kier molecular flexibility index (Phi) is 5.10. The van der Waals surface area contributed by atoms with Crippen LogP contribution < -0.4 is 10.5 Å². The number of benzene rings is 2. The van der Waals surface area contributed by atoms with E-state index >= 15 is 0 Å². The third kappa shape index (κ3) is 4.49. The SMILES string of the molecule is Nc1ccc(OCCCCc2ccccc2)c(Cl)c1. The Balaban J connectivity index is 1.69. The standard InChI is InChI=1S/C16H18ClNO/c17-15-12-14(18)9-10-16(15)19-11-5-4-8-13-6-2-1-3-7-13/h1-3,6-7,9-10,12H,4-5,8,11,18H2. The number of halogens is 1. The first kappa shape index (κ1) is 13.8. The van der Waals surface area contributed by atoms with Gasteiger partial charge in [-0.1, -0.05) is 41.9 Å². The van der Waals surface area contributed by atoms with Gasteiger partial charge in [-0.3, -0.25) is 0 Å². The predicted octanol–water partition coefficient (Wildman–Crippen LogP) is 4.32. The van der Waals surface area contributed by atoms with Crippen molar-refractivity contribution in [1.82, 2.24) is 0 Å². The van der Waals surface area contributed by atoms with Crippen molar-refractivity contribution >= 4 is 17.3 Å². The molecule has 0 atom stereocenters. The Hall–Kier alpha value is -1.67. The van der Waals surface area contributed by atoms with Crippen LogP contribution in [0.5, 0.6) is 5.75 Å². The predicted molar refractivity (Wildman–Crippen MR) is 80.7 cm³/mol. The summed E-state index contributed by atoms with van der Waals surface area (Å²) >= 11 is 6.03. The van der Waals surface area contributed by atoms with Crippen molar-refractivity contribution in [1.29, 1.82) is 0 Å². The van der Waals surface area contributed by atoms with E-state index in [1.54, 1.807) is 12.1 Å². The van der Waals surface area contributed by atoms with Crippen molar-refractivity contribution in [2.75, 3.05) is 12.3 Å². The number of anilines is 1. The summed E-state index contributed by atoms with van der Waals surface area (Å²) in [4.78, 5) is 0. The number of aryl methyl sites for hydroxylation is 1. The Labute approximate surface area is 119 Å². The van der Waals surface area contributed by atoms with Gasteiger partial charge in [0.2, 0.25) is 0 Å². The highest BCUT2D eigenvalue weighted by molar-refractivity contribution is 6.32. The van der Waals surface area contributed by atoms with Gasteiger partial charge in [-0.05, 0) is 43.0 Å². The van der Waals surface area contributed by atoms with Crippen LogP contribution in [-0.2, 0) is 6.42 Å². The number of hydrogen-bond acceptors (Lipinski definition) is 2. The van der Waals surface area contributed by atoms with Gasteiger partial charge in [0.15, 0.2) is 0 Å². The molecule has 0 fully saturated rings. The summed E-state index contributed by atoms with van der Waals surface area (Å²) in [5.41, 5.74) is 7.65. The summed E-state index contributed by atoms with van der Waals surface area (Å²) in [7, 11) is 0. The fourth-order valence-electron chi connectivity index (χ4n) is 1.89. The van der Waals surface area contributed by atoms with Gasteiger partial charge in [-0.15, -0.1) is 0 Å². The van der Waals surface area contributed by atoms with E-state index in [1.165, 1.54) is 5.56 Å². The number of hydrogen-bond donors (Lipinski definition) is 1. The van der Waals surface area contributed by atoms with Crippen molar-refractivity contribution in [3.05, 3.63) is 59.1 Å². The number of unbranched alkanes of at least 4 members (excludes halogenated alkanes) is 1. The molecule has 2 rings (SSSR count). The van der Waals surface area contributed by atoms with Gasteiger partial charge >= 0.3 is 0 Å². The Morgan fingerprint density at radius 1 is 1.00 bits per heavy atom. The van der Waals surface area contributed by atoms with Crippen molar-refractivity contribution in [2.24, 2.45) is 0 Å². The summed E-state index contributed by atoms with van der Waals surface area (Å²) < 4.78 is 5.64. The molecule has 0 bridgehead atoms. The van der Waals surface area contributed by atoms with E-state index in [9.17, 15) is 0 Å². The highest BCUT2D eigenvalue weighted by Gasteiger charge is 2.01. The molecule has 0 saturated carbocycles. The Bertz CT molecular complexity index is 513. The molecule has 2 N–H and O–H groups in total. The monoisotopic (exact) mass is 275 g/mol. The average molecular weight is 276 g/mol. The molecule has 0 unspecified atom stereocenters. The third-order valence-electron chi connectivity index (χ3n) is 2.92. The van der Waals surface area contributed by atoms with E-state index in [0.717, 1.165) is 19.3 Å². The maximum Gasteiger partial charge on any atom is 0.138 e. The number of ether oxygens (including phenoxy) is 1. The molecule has 19 heavy (non-hydrogen) atoms. The summed E-state index contributed by atoms with van der Waals surface area (Å²) in [6, 6.07) is 15.8. The zero-order valence-electron chi connectivity index (χ0n) is 10.8. The highest BCUT2D eigenvalue weighted by atomic mass is 35.5. The first-order valence-electron chi connectivity index (χ1n) is 6.47. The molecule has 2 aromatic carbocycles. The summed E-state index contributed by atoms with van der Waals surface area (Å²) in [6.45, 7) is 0.677. The molecule has 0 amide bonds. The van der Waals surface area contributed by atoms with Crippen molar-refractivity contribution in [3.63, 3.8) is 0 Å². The second kappa shape index (κ2) is 7.05. The van der Waals surface area contributed by atoms with Crippen molar-refractivity contribution in [2.45, 2.75) is 19.3 Å². The van der Waals surface area contributed by atoms with E-state index in [4.69, 9.17) is 22.1 Å². The minimum Gasteiger partial charge on any atom is -0.492 e. The zero-order valence-corrected chi connectivity index (χ0v) is 11.6. The van der Waals surface area contributed by atoms with Crippen LogP contribution >= 0.6 is 11.6 Å². The smallest absolute Gasteiger partial charge is 0.138 e. The molecule has 3 heteroatoms. The molecule has 0 aromatic heterocycles. The van der Waals surface area contributed by atoms with E-state index < -0.39 is 0 Å². The van der Waals surface area contributed by atoms with E-state index in [0.29, 0.717) is 23.1 Å². The third-order valence-corrected chi connectivity index (χ3v) is 3.21. The van der Waals surface area contributed by atoms with E-state index in [1.807, 2.05) is 12.1 Å².